The molecule has 1 unspecified atom stereocenters. The maximum atomic E-state index is 11.6. The summed E-state index contributed by atoms with van der Waals surface area (Å²) in [4.78, 5) is 6.72. The standard InChI is InChI=1S/C22H33N5O2S/c1-5-27(6-2)21(18-12-8-7-9-13-18)17-25-22(23-3)24-16-19-14-10-11-15-20(19)26-30(4,28)29/h7-15,21,26H,5-6,16-17H2,1-4H3,(H2,23,24,25). The van der Waals surface area contributed by atoms with Crippen LogP contribution in [0.3, 0.4) is 0 Å². The van der Waals surface area contributed by atoms with Gasteiger partial charge in [-0.2, -0.15) is 0 Å². The Kier molecular flexibility index (Phi) is 9.14. The van der Waals surface area contributed by atoms with Gasteiger partial charge in [-0.3, -0.25) is 14.6 Å². The third-order valence-corrected chi connectivity index (χ3v) is 5.47. The molecule has 0 bridgehead atoms. The minimum atomic E-state index is -3.34. The number of rotatable bonds is 10. The van der Waals surface area contributed by atoms with Crippen molar-refractivity contribution in [3.8, 4) is 0 Å². The number of guanidine groups is 1. The first-order valence-electron chi connectivity index (χ1n) is 10.2. The van der Waals surface area contributed by atoms with Crippen LogP contribution in [0.25, 0.3) is 0 Å². The SMILES string of the molecule is CCN(CC)C(CNC(=NC)NCc1ccccc1NS(C)(=O)=O)c1ccccc1. The molecule has 3 N–H and O–H groups in total. The van der Waals surface area contributed by atoms with Crippen molar-refractivity contribution in [2.24, 2.45) is 4.99 Å². The lowest BCUT2D eigenvalue weighted by Crippen LogP contribution is -2.43. The molecule has 0 fully saturated rings. The molecule has 8 heteroatoms. The number of aliphatic imine (C=N–C) groups is 1. The maximum absolute atomic E-state index is 11.6. The van der Waals surface area contributed by atoms with E-state index in [-0.39, 0.29) is 6.04 Å². The van der Waals surface area contributed by atoms with E-state index in [1.165, 1.54) is 5.56 Å². The zero-order valence-corrected chi connectivity index (χ0v) is 19.0. The lowest BCUT2D eigenvalue weighted by molar-refractivity contribution is 0.219. The van der Waals surface area contributed by atoms with E-state index in [1.54, 1.807) is 19.2 Å². The van der Waals surface area contributed by atoms with Crippen LogP contribution in [0.4, 0.5) is 5.69 Å². The summed E-state index contributed by atoms with van der Waals surface area (Å²) in [5, 5.41) is 6.69. The van der Waals surface area contributed by atoms with Crippen LogP contribution < -0.4 is 15.4 Å². The van der Waals surface area contributed by atoms with E-state index in [1.807, 2.05) is 18.2 Å². The van der Waals surface area contributed by atoms with Crippen molar-refractivity contribution >= 4 is 21.7 Å². The molecule has 0 radical (unpaired) electrons. The van der Waals surface area contributed by atoms with Gasteiger partial charge in [0, 0.05) is 20.1 Å². The number of nitrogens with zero attached hydrogens (tertiary/aromatic N) is 2. The van der Waals surface area contributed by atoms with Crippen molar-refractivity contribution in [2.75, 3.05) is 37.7 Å². The first-order valence-corrected chi connectivity index (χ1v) is 12.1. The molecular weight excluding hydrogens is 398 g/mol. The van der Waals surface area contributed by atoms with E-state index in [2.05, 4.69) is 63.4 Å². The summed E-state index contributed by atoms with van der Waals surface area (Å²) in [6.07, 6.45) is 1.15. The summed E-state index contributed by atoms with van der Waals surface area (Å²) in [6.45, 7) is 7.38. The van der Waals surface area contributed by atoms with E-state index in [4.69, 9.17) is 0 Å². The molecular formula is C22H33N5O2S. The lowest BCUT2D eigenvalue weighted by Gasteiger charge is -2.30. The molecule has 2 aromatic carbocycles. The minimum absolute atomic E-state index is 0.221. The average Bonchev–Trinajstić information content (AvgIpc) is 2.73. The fourth-order valence-electron chi connectivity index (χ4n) is 3.36. The number of hydrogen-bond acceptors (Lipinski definition) is 4. The summed E-state index contributed by atoms with van der Waals surface area (Å²) in [7, 11) is -1.61. The van der Waals surface area contributed by atoms with Crippen LogP contribution in [0.5, 0.6) is 0 Å². The van der Waals surface area contributed by atoms with E-state index >= 15 is 0 Å². The topological polar surface area (TPSA) is 85.8 Å². The largest absolute Gasteiger partial charge is 0.354 e. The Hall–Kier alpha value is -2.58. The first kappa shape index (κ1) is 23.7. The molecule has 2 aromatic rings. The summed E-state index contributed by atoms with van der Waals surface area (Å²) in [5.74, 6) is 0.664. The quantitative estimate of drug-likeness (QED) is 0.398. The van der Waals surface area contributed by atoms with Gasteiger partial charge >= 0.3 is 0 Å². The van der Waals surface area contributed by atoms with Crippen LogP contribution >= 0.6 is 0 Å². The van der Waals surface area contributed by atoms with Gasteiger partial charge in [-0.15, -0.1) is 0 Å². The fourth-order valence-corrected chi connectivity index (χ4v) is 3.96. The molecule has 2 rings (SSSR count). The Bertz CT molecular complexity index is 912. The summed E-state index contributed by atoms with van der Waals surface area (Å²) in [6, 6.07) is 18.0. The van der Waals surface area contributed by atoms with Crippen LogP contribution in [-0.2, 0) is 16.6 Å². The smallest absolute Gasteiger partial charge is 0.229 e. The van der Waals surface area contributed by atoms with Crippen molar-refractivity contribution in [3.63, 3.8) is 0 Å². The van der Waals surface area contributed by atoms with E-state index in [9.17, 15) is 8.42 Å². The summed E-state index contributed by atoms with van der Waals surface area (Å²) < 4.78 is 25.8. The molecule has 30 heavy (non-hydrogen) atoms. The number of hydrogen-bond donors (Lipinski definition) is 3. The highest BCUT2D eigenvalue weighted by Crippen LogP contribution is 2.19. The molecule has 0 spiro atoms. The fraction of sp³-hybridized carbons (Fsp3) is 0.409. The average molecular weight is 432 g/mol. The highest BCUT2D eigenvalue weighted by atomic mass is 32.2. The molecule has 0 heterocycles. The van der Waals surface area contributed by atoms with E-state index in [0.717, 1.165) is 24.9 Å². The number of nitrogens with one attached hydrogen (secondary N) is 3. The van der Waals surface area contributed by atoms with Crippen molar-refractivity contribution < 1.29 is 8.42 Å². The van der Waals surface area contributed by atoms with Crippen LogP contribution in [-0.4, -0.2) is 52.2 Å². The van der Waals surface area contributed by atoms with Gasteiger partial charge in [0.1, 0.15) is 0 Å². The predicted molar refractivity (Wildman–Crippen MR) is 125 cm³/mol. The second-order valence-corrected chi connectivity index (χ2v) is 8.73. The van der Waals surface area contributed by atoms with E-state index < -0.39 is 10.0 Å². The molecule has 0 saturated heterocycles. The van der Waals surface area contributed by atoms with Crippen molar-refractivity contribution in [2.45, 2.75) is 26.4 Å². The van der Waals surface area contributed by atoms with Crippen molar-refractivity contribution in [1.82, 2.24) is 15.5 Å². The number of anilines is 1. The monoisotopic (exact) mass is 431 g/mol. The Morgan fingerprint density at radius 1 is 1.00 bits per heavy atom. The van der Waals surface area contributed by atoms with Gasteiger partial charge in [-0.25, -0.2) is 8.42 Å². The first-order chi connectivity index (χ1) is 14.4. The molecule has 0 aliphatic carbocycles. The van der Waals surface area contributed by atoms with Gasteiger partial charge in [-0.1, -0.05) is 62.4 Å². The van der Waals surface area contributed by atoms with Gasteiger partial charge in [0.05, 0.1) is 18.0 Å². The van der Waals surface area contributed by atoms with Crippen LogP contribution in [0.1, 0.15) is 31.0 Å². The van der Waals surface area contributed by atoms with Gasteiger partial charge in [0.15, 0.2) is 5.96 Å². The van der Waals surface area contributed by atoms with Gasteiger partial charge in [-0.05, 0) is 30.3 Å². The predicted octanol–water partition coefficient (Wildman–Crippen LogP) is 2.81. The zero-order valence-electron chi connectivity index (χ0n) is 18.2. The highest BCUT2D eigenvalue weighted by molar-refractivity contribution is 7.92. The Balaban J connectivity index is 2.05. The number of benzene rings is 2. The van der Waals surface area contributed by atoms with Crippen molar-refractivity contribution in [1.29, 1.82) is 0 Å². The summed E-state index contributed by atoms with van der Waals surface area (Å²) in [5.41, 5.74) is 2.66. The third kappa shape index (κ3) is 7.35. The third-order valence-electron chi connectivity index (χ3n) is 4.88. The van der Waals surface area contributed by atoms with E-state index in [0.29, 0.717) is 24.7 Å². The molecule has 164 valence electrons. The second-order valence-electron chi connectivity index (χ2n) is 6.99. The molecule has 1 atom stereocenters. The van der Waals surface area contributed by atoms with Crippen molar-refractivity contribution in [3.05, 3.63) is 65.7 Å². The van der Waals surface area contributed by atoms with Crippen LogP contribution in [0.15, 0.2) is 59.6 Å². The minimum Gasteiger partial charge on any atom is -0.354 e. The van der Waals surface area contributed by atoms with Crippen LogP contribution in [0, 0.1) is 0 Å². The molecule has 0 amide bonds. The summed E-state index contributed by atoms with van der Waals surface area (Å²) >= 11 is 0. The Labute approximate surface area is 180 Å². The molecule has 0 saturated carbocycles. The second kappa shape index (κ2) is 11.6. The Morgan fingerprint density at radius 2 is 1.63 bits per heavy atom. The van der Waals surface area contributed by atoms with Gasteiger partial charge in [0.25, 0.3) is 0 Å². The number of likely N-dealkylation sites (N-methyl/N-ethyl adjacent to an activating group) is 1. The number of para-hydroxylation sites is 1. The van der Waals surface area contributed by atoms with Gasteiger partial charge in [0.2, 0.25) is 10.0 Å². The molecule has 0 aromatic heterocycles. The molecule has 7 nitrogen and oxygen atoms in total. The molecule has 0 aliphatic rings. The number of sulfonamides is 1. The van der Waals surface area contributed by atoms with Gasteiger partial charge < -0.3 is 10.6 Å². The lowest BCUT2D eigenvalue weighted by atomic mass is 10.1. The zero-order chi connectivity index (χ0) is 22.0. The van der Waals surface area contributed by atoms with Crippen LogP contribution in [0.2, 0.25) is 0 Å². The normalized spacial score (nSPS) is 13.2. The Morgan fingerprint density at radius 3 is 2.23 bits per heavy atom. The highest BCUT2D eigenvalue weighted by Gasteiger charge is 2.18. The molecule has 0 aliphatic heterocycles. The maximum Gasteiger partial charge on any atom is 0.229 e.